The first-order valence-corrected chi connectivity index (χ1v) is 5.65. The fourth-order valence-corrected chi connectivity index (χ4v) is 1.46. The second kappa shape index (κ2) is 5.48. The zero-order valence-electron chi connectivity index (χ0n) is 10.8. The number of pyridine rings is 1. The van der Waals surface area contributed by atoms with Crippen LogP contribution in [0.15, 0.2) is 23.6 Å². The van der Waals surface area contributed by atoms with Gasteiger partial charge in [-0.15, -0.1) is 0 Å². The fourth-order valence-electron chi connectivity index (χ4n) is 1.46. The van der Waals surface area contributed by atoms with Crippen LogP contribution < -0.4 is 11.1 Å². The summed E-state index contributed by atoms with van der Waals surface area (Å²) in [7, 11) is 0. The number of hydrogen-bond donors (Lipinski definition) is 3. The van der Waals surface area contributed by atoms with Crippen LogP contribution in [-0.2, 0) is 4.79 Å². The molecule has 1 aromatic heterocycles. The first kappa shape index (κ1) is 14.0. The van der Waals surface area contributed by atoms with E-state index in [0.717, 1.165) is 5.56 Å². The van der Waals surface area contributed by atoms with E-state index in [9.17, 15) is 4.79 Å². The summed E-state index contributed by atoms with van der Waals surface area (Å²) in [6.45, 7) is 5.30. The number of rotatable bonds is 4. The van der Waals surface area contributed by atoms with Crippen LogP contribution in [0.1, 0.15) is 25.8 Å². The van der Waals surface area contributed by atoms with Gasteiger partial charge in [-0.1, -0.05) is 12.1 Å². The van der Waals surface area contributed by atoms with Crippen LogP contribution in [0.5, 0.6) is 0 Å². The molecule has 1 atom stereocenters. The van der Waals surface area contributed by atoms with Crippen LogP contribution in [0.25, 0.3) is 0 Å². The summed E-state index contributed by atoms with van der Waals surface area (Å²) in [5.74, 6) is -0.434. The lowest BCUT2D eigenvalue weighted by molar-refractivity contribution is -0.121. The molecule has 1 heterocycles. The third-order valence-corrected chi connectivity index (χ3v) is 3.01. The van der Waals surface area contributed by atoms with Crippen molar-refractivity contribution in [3.8, 4) is 0 Å². The maximum Gasteiger partial charge on any atom is 0.238 e. The number of hydrogen-bond acceptors (Lipinski definition) is 4. The molecular weight excluding hydrogens is 232 g/mol. The van der Waals surface area contributed by atoms with Gasteiger partial charge in [-0.25, -0.2) is 0 Å². The van der Waals surface area contributed by atoms with E-state index in [1.54, 1.807) is 32.3 Å². The van der Waals surface area contributed by atoms with E-state index in [0.29, 0.717) is 12.1 Å². The minimum absolute atomic E-state index is 0.108. The Morgan fingerprint density at radius 2 is 2.28 bits per heavy atom. The Morgan fingerprint density at radius 3 is 2.78 bits per heavy atom. The molecule has 6 heteroatoms. The second-order valence-corrected chi connectivity index (χ2v) is 4.38. The van der Waals surface area contributed by atoms with Gasteiger partial charge in [-0.2, -0.15) is 0 Å². The van der Waals surface area contributed by atoms with Crippen LogP contribution in [0.4, 0.5) is 5.69 Å². The third kappa shape index (κ3) is 2.77. The zero-order valence-corrected chi connectivity index (χ0v) is 10.8. The standard InChI is InChI=1S/C12H18N4O2/c1-4-12(3,10(13)16-18)11(17)15-9-5-8(2)6-14-7-9/h5-7,18H,4H2,1-3H3,(H2,13,16)(H,15,17). The molecule has 1 unspecified atom stereocenters. The number of nitrogens with zero attached hydrogens (tertiary/aromatic N) is 2. The second-order valence-electron chi connectivity index (χ2n) is 4.38. The average molecular weight is 250 g/mol. The van der Waals surface area contributed by atoms with E-state index in [1.807, 2.05) is 6.92 Å². The number of anilines is 1. The Bertz CT molecular complexity index is 473. The molecule has 0 saturated carbocycles. The number of nitrogens with two attached hydrogens (primary N) is 1. The van der Waals surface area contributed by atoms with Crippen molar-refractivity contribution in [2.24, 2.45) is 16.3 Å². The highest BCUT2D eigenvalue weighted by atomic mass is 16.4. The lowest BCUT2D eigenvalue weighted by Crippen LogP contribution is -2.44. The quantitative estimate of drug-likeness (QED) is 0.326. The molecule has 18 heavy (non-hydrogen) atoms. The minimum Gasteiger partial charge on any atom is -0.409 e. The highest BCUT2D eigenvalue weighted by Crippen LogP contribution is 2.23. The van der Waals surface area contributed by atoms with Crippen molar-refractivity contribution in [2.45, 2.75) is 27.2 Å². The van der Waals surface area contributed by atoms with Crippen molar-refractivity contribution in [1.82, 2.24) is 4.98 Å². The predicted octanol–water partition coefficient (Wildman–Crippen LogP) is 1.49. The summed E-state index contributed by atoms with van der Waals surface area (Å²) in [6, 6.07) is 1.80. The van der Waals surface area contributed by atoms with Crippen LogP contribution in [0.2, 0.25) is 0 Å². The molecule has 0 aromatic carbocycles. The van der Waals surface area contributed by atoms with Crippen molar-refractivity contribution >= 4 is 17.4 Å². The summed E-state index contributed by atoms with van der Waals surface area (Å²) in [5.41, 5.74) is 6.05. The van der Waals surface area contributed by atoms with Crippen molar-refractivity contribution in [3.05, 3.63) is 24.0 Å². The number of oxime groups is 1. The van der Waals surface area contributed by atoms with E-state index in [2.05, 4.69) is 15.5 Å². The summed E-state index contributed by atoms with van der Waals surface area (Å²) < 4.78 is 0. The molecule has 98 valence electrons. The molecule has 0 spiro atoms. The summed E-state index contributed by atoms with van der Waals surface area (Å²) in [5, 5.41) is 14.4. The van der Waals surface area contributed by atoms with E-state index in [4.69, 9.17) is 10.9 Å². The van der Waals surface area contributed by atoms with E-state index in [-0.39, 0.29) is 11.7 Å². The van der Waals surface area contributed by atoms with Gasteiger partial charge in [0.05, 0.1) is 11.9 Å². The number of carbonyl (C=O) groups is 1. The Hall–Kier alpha value is -2.11. The summed E-state index contributed by atoms with van der Waals surface area (Å²) in [6.07, 6.45) is 3.67. The first-order chi connectivity index (χ1) is 8.43. The van der Waals surface area contributed by atoms with Gasteiger partial charge in [0.1, 0.15) is 5.41 Å². The molecule has 0 aliphatic carbocycles. The van der Waals surface area contributed by atoms with Crippen LogP contribution in [0.3, 0.4) is 0 Å². The van der Waals surface area contributed by atoms with Crippen molar-refractivity contribution in [1.29, 1.82) is 0 Å². The van der Waals surface area contributed by atoms with Gasteiger partial charge in [0.2, 0.25) is 5.91 Å². The third-order valence-electron chi connectivity index (χ3n) is 3.01. The van der Waals surface area contributed by atoms with Crippen LogP contribution >= 0.6 is 0 Å². The van der Waals surface area contributed by atoms with Gasteiger partial charge in [-0.05, 0) is 31.9 Å². The normalized spacial score (nSPS) is 14.9. The Labute approximate surface area is 106 Å². The highest BCUT2D eigenvalue weighted by Gasteiger charge is 2.36. The molecule has 0 radical (unpaired) electrons. The molecule has 0 saturated heterocycles. The number of aromatic nitrogens is 1. The van der Waals surface area contributed by atoms with E-state index in [1.165, 1.54) is 0 Å². The Balaban J connectivity index is 2.94. The molecule has 0 bridgehead atoms. The highest BCUT2D eigenvalue weighted by molar-refractivity contribution is 6.11. The van der Waals surface area contributed by atoms with Crippen molar-refractivity contribution in [2.75, 3.05) is 5.32 Å². The van der Waals surface area contributed by atoms with Crippen LogP contribution in [0, 0.1) is 12.3 Å². The van der Waals surface area contributed by atoms with E-state index < -0.39 is 5.41 Å². The van der Waals surface area contributed by atoms with Gasteiger partial charge in [0.15, 0.2) is 5.84 Å². The molecular formula is C12H18N4O2. The SMILES string of the molecule is CCC(C)(C(=O)Nc1cncc(C)c1)/C(N)=N/O. The number of carbonyl (C=O) groups excluding carboxylic acids is 1. The number of aryl methyl sites for hydroxylation is 1. The molecule has 6 nitrogen and oxygen atoms in total. The van der Waals surface area contributed by atoms with Crippen molar-refractivity contribution < 1.29 is 10.0 Å². The van der Waals surface area contributed by atoms with Crippen molar-refractivity contribution in [3.63, 3.8) is 0 Å². The van der Waals surface area contributed by atoms with Gasteiger partial charge < -0.3 is 16.3 Å². The lowest BCUT2D eigenvalue weighted by atomic mass is 9.85. The maximum absolute atomic E-state index is 12.2. The van der Waals surface area contributed by atoms with Gasteiger partial charge >= 0.3 is 0 Å². The van der Waals surface area contributed by atoms with Gasteiger partial charge in [-0.3, -0.25) is 9.78 Å². The molecule has 1 rings (SSSR count). The van der Waals surface area contributed by atoms with Gasteiger partial charge in [0.25, 0.3) is 0 Å². The topological polar surface area (TPSA) is 101 Å². The predicted molar refractivity (Wildman–Crippen MR) is 69.4 cm³/mol. The van der Waals surface area contributed by atoms with Crippen LogP contribution in [-0.4, -0.2) is 21.9 Å². The Kier molecular flexibility index (Phi) is 4.25. The average Bonchev–Trinajstić information content (AvgIpc) is 2.36. The minimum atomic E-state index is -1.04. The number of amidine groups is 1. The lowest BCUT2D eigenvalue weighted by Gasteiger charge is -2.25. The number of amides is 1. The number of nitrogens with one attached hydrogen (secondary N) is 1. The smallest absolute Gasteiger partial charge is 0.238 e. The summed E-state index contributed by atoms with van der Waals surface area (Å²) >= 11 is 0. The van der Waals surface area contributed by atoms with Gasteiger partial charge in [0, 0.05) is 6.20 Å². The molecule has 4 N–H and O–H groups in total. The zero-order chi connectivity index (χ0) is 13.8. The maximum atomic E-state index is 12.2. The first-order valence-electron chi connectivity index (χ1n) is 5.65. The largest absolute Gasteiger partial charge is 0.409 e. The Morgan fingerprint density at radius 1 is 1.61 bits per heavy atom. The van der Waals surface area contributed by atoms with E-state index >= 15 is 0 Å². The summed E-state index contributed by atoms with van der Waals surface area (Å²) in [4.78, 5) is 16.2. The monoisotopic (exact) mass is 250 g/mol. The fraction of sp³-hybridized carbons (Fsp3) is 0.417. The molecule has 0 fully saturated rings. The molecule has 1 aromatic rings. The molecule has 0 aliphatic heterocycles. The molecule has 1 amide bonds. The molecule has 0 aliphatic rings.